The molecule has 0 aliphatic heterocycles. The normalized spacial score (nSPS) is 9.82. The molecule has 1 heteroatoms. The first-order valence-corrected chi connectivity index (χ1v) is 3.57. The lowest BCUT2D eigenvalue weighted by atomic mass is 10.2. The van der Waals surface area contributed by atoms with Crippen LogP contribution in [0.3, 0.4) is 0 Å². The van der Waals surface area contributed by atoms with Gasteiger partial charge in [-0.2, -0.15) is 0 Å². The van der Waals surface area contributed by atoms with Gasteiger partial charge in [-0.05, 0) is 17.7 Å². The summed E-state index contributed by atoms with van der Waals surface area (Å²) in [6.07, 6.45) is 2.90. The van der Waals surface area contributed by atoms with Crippen molar-refractivity contribution in [3.63, 3.8) is 0 Å². The van der Waals surface area contributed by atoms with Gasteiger partial charge in [0.1, 0.15) is 0 Å². The first-order chi connectivity index (χ1) is 5.47. The van der Waals surface area contributed by atoms with Gasteiger partial charge >= 0.3 is 0 Å². The van der Waals surface area contributed by atoms with Gasteiger partial charge in [0.05, 0.1) is 6.20 Å². The van der Waals surface area contributed by atoms with Gasteiger partial charge in [0, 0.05) is 5.69 Å². The largest absolute Gasteiger partial charge is 0.353 e. The summed E-state index contributed by atoms with van der Waals surface area (Å²) >= 11 is 0. The Morgan fingerprint density at radius 1 is 1.00 bits per heavy atom. The molecule has 0 aliphatic carbocycles. The Morgan fingerprint density at radius 2 is 1.82 bits per heavy atom. The van der Waals surface area contributed by atoms with Crippen LogP contribution in [0.4, 0.5) is 0 Å². The highest BCUT2D eigenvalue weighted by molar-refractivity contribution is 5.58. The molecule has 0 bridgehead atoms. The third-order valence-electron chi connectivity index (χ3n) is 1.62. The molecule has 0 aliphatic rings. The van der Waals surface area contributed by atoms with Crippen LogP contribution in [0.25, 0.3) is 11.3 Å². The Kier molecular flexibility index (Phi) is 1.48. The average molecular weight is 142 g/mol. The minimum Gasteiger partial charge on any atom is -0.353 e. The summed E-state index contributed by atoms with van der Waals surface area (Å²) in [7, 11) is 0. The fraction of sp³-hybridized carbons (Fsp3) is 0. The molecule has 53 valence electrons. The van der Waals surface area contributed by atoms with Crippen molar-refractivity contribution in [3.8, 4) is 11.3 Å². The van der Waals surface area contributed by atoms with E-state index >= 15 is 0 Å². The lowest BCUT2D eigenvalue weighted by molar-refractivity contribution is 1.39. The molecule has 1 aromatic carbocycles. The highest BCUT2D eigenvalue weighted by atomic mass is 14.7. The topological polar surface area (TPSA) is 15.8 Å². The summed E-state index contributed by atoms with van der Waals surface area (Å²) in [6, 6.07) is 14.1. The molecular weight excluding hydrogens is 134 g/mol. The SMILES string of the molecule is [c]1ccc(-c2ccccc2)[nH]1. The molecule has 0 fully saturated rings. The second-order valence-electron chi connectivity index (χ2n) is 2.38. The van der Waals surface area contributed by atoms with Crippen molar-refractivity contribution >= 4 is 0 Å². The van der Waals surface area contributed by atoms with Crippen molar-refractivity contribution in [1.29, 1.82) is 0 Å². The summed E-state index contributed by atoms with van der Waals surface area (Å²) in [5, 5.41) is 0. The molecular formula is C10H8N. The van der Waals surface area contributed by atoms with E-state index in [0.29, 0.717) is 0 Å². The summed E-state index contributed by atoms with van der Waals surface area (Å²) in [5.74, 6) is 0. The highest BCUT2D eigenvalue weighted by Crippen LogP contribution is 2.14. The molecule has 11 heavy (non-hydrogen) atoms. The second-order valence-corrected chi connectivity index (χ2v) is 2.38. The first kappa shape index (κ1) is 6.23. The van der Waals surface area contributed by atoms with E-state index in [-0.39, 0.29) is 0 Å². The van der Waals surface area contributed by atoms with Crippen molar-refractivity contribution in [2.24, 2.45) is 0 Å². The molecule has 0 saturated heterocycles. The van der Waals surface area contributed by atoms with Crippen LogP contribution in [0.5, 0.6) is 0 Å². The van der Waals surface area contributed by atoms with E-state index in [1.54, 1.807) is 0 Å². The predicted octanol–water partition coefficient (Wildman–Crippen LogP) is 2.48. The number of benzene rings is 1. The highest BCUT2D eigenvalue weighted by Gasteiger charge is 1.93. The molecule has 1 nitrogen and oxygen atoms in total. The zero-order chi connectivity index (χ0) is 7.52. The summed E-state index contributed by atoms with van der Waals surface area (Å²) in [6.45, 7) is 0. The molecule has 1 radical (unpaired) electrons. The maximum atomic E-state index is 3.03. The number of H-pyrrole nitrogens is 1. The van der Waals surface area contributed by atoms with E-state index in [4.69, 9.17) is 0 Å². The Balaban J connectivity index is 2.46. The number of hydrogen-bond donors (Lipinski definition) is 1. The van der Waals surface area contributed by atoms with Crippen LogP contribution < -0.4 is 0 Å². The third-order valence-corrected chi connectivity index (χ3v) is 1.62. The lowest BCUT2D eigenvalue weighted by Gasteiger charge is -1.94. The van der Waals surface area contributed by atoms with Gasteiger partial charge in [-0.1, -0.05) is 30.3 Å². The maximum Gasteiger partial charge on any atom is 0.0624 e. The van der Waals surface area contributed by atoms with Gasteiger partial charge < -0.3 is 4.98 Å². The molecule has 1 aromatic heterocycles. The smallest absolute Gasteiger partial charge is 0.0624 e. The van der Waals surface area contributed by atoms with Gasteiger partial charge in [-0.3, -0.25) is 0 Å². The Bertz CT molecular complexity index is 308. The van der Waals surface area contributed by atoms with Crippen LogP contribution in [0.2, 0.25) is 0 Å². The molecule has 0 unspecified atom stereocenters. The van der Waals surface area contributed by atoms with Crippen LogP contribution in [0.15, 0.2) is 42.5 Å². The molecule has 0 spiro atoms. The van der Waals surface area contributed by atoms with E-state index in [1.807, 2.05) is 30.3 Å². The van der Waals surface area contributed by atoms with E-state index in [2.05, 4.69) is 23.3 Å². The monoisotopic (exact) mass is 142 g/mol. The average Bonchev–Trinajstić information content (AvgIpc) is 2.58. The molecule has 1 N–H and O–H groups in total. The van der Waals surface area contributed by atoms with Crippen LogP contribution >= 0.6 is 0 Å². The van der Waals surface area contributed by atoms with E-state index < -0.39 is 0 Å². The van der Waals surface area contributed by atoms with E-state index in [9.17, 15) is 0 Å². The van der Waals surface area contributed by atoms with Crippen molar-refractivity contribution < 1.29 is 0 Å². The van der Waals surface area contributed by atoms with Crippen LogP contribution in [0, 0.1) is 6.20 Å². The van der Waals surface area contributed by atoms with E-state index in [0.717, 1.165) is 5.69 Å². The summed E-state index contributed by atoms with van der Waals surface area (Å²) in [5.41, 5.74) is 2.32. The number of hydrogen-bond acceptors (Lipinski definition) is 0. The van der Waals surface area contributed by atoms with Gasteiger partial charge in [-0.15, -0.1) is 0 Å². The third kappa shape index (κ3) is 1.17. The summed E-state index contributed by atoms with van der Waals surface area (Å²) in [4.78, 5) is 3.03. The quantitative estimate of drug-likeness (QED) is 0.629. The second kappa shape index (κ2) is 2.62. The van der Waals surface area contributed by atoms with Crippen molar-refractivity contribution in [2.75, 3.05) is 0 Å². The number of aromatic nitrogens is 1. The fourth-order valence-electron chi connectivity index (χ4n) is 1.07. The lowest BCUT2D eigenvalue weighted by Crippen LogP contribution is -1.73. The standard InChI is InChI=1S/C10H8N/c1-2-5-9(6-3-1)10-7-4-8-11-10/h1-7,11H. The Morgan fingerprint density at radius 3 is 2.45 bits per heavy atom. The van der Waals surface area contributed by atoms with Gasteiger partial charge in [-0.25, -0.2) is 0 Å². The zero-order valence-electron chi connectivity index (χ0n) is 6.04. The molecule has 0 saturated carbocycles. The minimum atomic E-state index is 1.12. The minimum absolute atomic E-state index is 1.12. The first-order valence-electron chi connectivity index (χ1n) is 3.57. The zero-order valence-corrected chi connectivity index (χ0v) is 6.04. The molecule has 0 amide bonds. The van der Waals surface area contributed by atoms with Gasteiger partial charge in [0.15, 0.2) is 0 Å². The molecule has 0 atom stereocenters. The molecule has 2 aromatic rings. The van der Waals surface area contributed by atoms with Gasteiger partial charge in [0.25, 0.3) is 0 Å². The fourth-order valence-corrected chi connectivity index (χ4v) is 1.07. The maximum absolute atomic E-state index is 3.03. The predicted molar refractivity (Wildman–Crippen MR) is 45.1 cm³/mol. The van der Waals surface area contributed by atoms with Crippen LogP contribution in [0.1, 0.15) is 0 Å². The Labute approximate surface area is 65.7 Å². The van der Waals surface area contributed by atoms with Crippen LogP contribution in [-0.4, -0.2) is 4.98 Å². The number of rotatable bonds is 1. The van der Waals surface area contributed by atoms with Crippen molar-refractivity contribution in [3.05, 3.63) is 48.7 Å². The summed E-state index contributed by atoms with van der Waals surface area (Å²) < 4.78 is 0. The van der Waals surface area contributed by atoms with Crippen molar-refractivity contribution in [1.82, 2.24) is 4.98 Å². The number of nitrogens with one attached hydrogen (secondary N) is 1. The molecule has 2 rings (SSSR count). The molecule has 1 heterocycles. The van der Waals surface area contributed by atoms with E-state index in [1.165, 1.54) is 5.56 Å². The van der Waals surface area contributed by atoms with Crippen molar-refractivity contribution in [2.45, 2.75) is 0 Å². The van der Waals surface area contributed by atoms with Gasteiger partial charge in [0.2, 0.25) is 0 Å². The Hall–Kier alpha value is -1.50. The van der Waals surface area contributed by atoms with Crippen LogP contribution in [-0.2, 0) is 0 Å². The number of aromatic amines is 1.